The number of hydrogen-bond acceptors (Lipinski definition) is 15. The molecular formula is C79H154O17P2. The molecular weight excluding hydrogens is 1280 g/mol. The molecule has 0 aliphatic heterocycles. The first-order chi connectivity index (χ1) is 47.6. The van der Waals surface area contributed by atoms with Gasteiger partial charge in [-0.3, -0.25) is 37.3 Å². The van der Waals surface area contributed by atoms with E-state index in [0.717, 1.165) is 95.8 Å². The molecule has 19 heteroatoms. The van der Waals surface area contributed by atoms with Crippen LogP contribution in [-0.4, -0.2) is 96.7 Å². The predicted molar refractivity (Wildman–Crippen MR) is 400 cm³/mol. The van der Waals surface area contributed by atoms with Crippen LogP contribution in [-0.2, 0) is 65.4 Å². The van der Waals surface area contributed by atoms with E-state index >= 15 is 0 Å². The number of rotatable bonds is 79. The van der Waals surface area contributed by atoms with Gasteiger partial charge in [-0.2, -0.15) is 0 Å². The third-order valence-electron chi connectivity index (χ3n) is 18.9. The Hall–Kier alpha value is -1.94. The van der Waals surface area contributed by atoms with E-state index in [-0.39, 0.29) is 25.7 Å². The molecule has 0 bridgehead atoms. The lowest BCUT2D eigenvalue weighted by Gasteiger charge is -2.21. The van der Waals surface area contributed by atoms with E-state index in [1.165, 1.54) is 244 Å². The Morgan fingerprint density at radius 3 is 0.724 bits per heavy atom. The number of unbranched alkanes of at least 4 members (excludes halogenated alkanes) is 50. The second-order valence-electron chi connectivity index (χ2n) is 28.7. The summed E-state index contributed by atoms with van der Waals surface area (Å²) in [5.41, 5.74) is 0. The highest BCUT2D eigenvalue weighted by Gasteiger charge is 2.30. The van der Waals surface area contributed by atoms with Crippen molar-refractivity contribution in [2.75, 3.05) is 39.6 Å². The van der Waals surface area contributed by atoms with Crippen LogP contribution in [0.1, 0.15) is 420 Å². The molecule has 0 amide bonds. The van der Waals surface area contributed by atoms with Crippen molar-refractivity contribution < 1.29 is 80.2 Å². The van der Waals surface area contributed by atoms with Gasteiger partial charge in [0, 0.05) is 25.7 Å². The number of esters is 4. The Balaban J connectivity index is 5.25. The van der Waals surface area contributed by atoms with Crippen molar-refractivity contribution in [1.29, 1.82) is 0 Å². The van der Waals surface area contributed by atoms with Crippen molar-refractivity contribution in [3.05, 3.63) is 0 Å². The maximum atomic E-state index is 13.1. The summed E-state index contributed by atoms with van der Waals surface area (Å²) in [6, 6.07) is 0. The Morgan fingerprint density at radius 2 is 0.490 bits per heavy atom. The number of hydrogen-bond donors (Lipinski definition) is 3. The van der Waals surface area contributed by atoms with Gasteiger partial charge in [0.2, 0.25) is 0 Å². The van der Waals surface area contributed by atoms with E-state index in [1.807, 2.05) is 0 Å². The molecule has 6 atom stereocenters. The average molecular weight is 1440 g/mol. The second kappa shape index (κ2) is 72.0. The van der Waals surface area contributed by atoms with Crippen LogP contribution in [0.15, 0.2) is 0 Å². The first-order valence-corrected chi connectivity index (χ1v) is 44.2. The van der Waals surface area contributed by atoms with E-state index in [1.54, 1.807) is 0 Å². The van der Waals surface area contributed by atoms with E-state index < -0.39 is 97.5 Å². The maximum absolute atomic E-state index is 13.1. The SMILES string of the molecule is CCCCCCCCCCCCCCCCCCCCCC(=O)O[C@H](COC(=O)CCCCCCCCCCCCC(C)CC)COP(=O)(O)OC[C@@H](O)COP(=O)(O)OC[C@@H](COC(=O)CCCCCCCCCCCCCC)OC(=O)CCCCCCCCCCCCCCC. The van der Waals surface area contributed by atoms with Crippen molar-refractivity contribution in [3.8, 4) is 0 Å². The van der Waals surface area contributed by atoms with Crippen LogP contribution < -0.4 is 0 Å². The van der Waals surface area contributed by atoms with Gasteiger partial charge >= 0.3 is 39.5 Å². The topological polar surface area (TPSA) is 237 Å². The quantitative estimate of drug-likeness (QED) is 0.0222. The Bertz CT molecular complexity index is 1880. The van der Waals surface area contributed by atoms with Gasteiger partial charge in [-0.25, -0.2) is 9.13 Å². The fraction of sp³-hybridized carbons (Fsp3) is 0.949. The lowest BCUT2D eigenvalue weighted by Crippen LogP contribution is -2.30. The third-order valence-corrected chi connectivity index (χ3v) is 20.8. The highest BCUT2D eigenvalue weighted by atomic mass is 31.2. The molecule has 3 unspecified atom stereocenters. The first-order valence-electron chi connectivity index (χ1n) is 41.2. The van der Waals surface area contributed by atoms with Crippen LogP contribution in [0.5, 0.6) is 0 Å². The first kappa shape index (κ1) is 96.1. The van der Waals surface area contributed by atoms with Gasteiger partial charge in [0.15, 0.2) is 12.2 Å². The number of phosphoric ester groups is 2. The van der Waals surface area contributed by atoms with Crippen molar-refractivity contribution in [2.45, 2.75) is 438 Å². The summed E-state index contributed by atoms with van der Waals surface area (Å²) in [6.07, 6.45) is 62.2. The van der Waals surface area contributed by atoms with E-state index in [0.29, 0.717) is 25.7 Å². The van der Waals surface area contributed by atoms with Crippen LogP contribution in [0.25, 0.3) is 0 Å². The molecule has 0 aromatic carbocycles. The van der Waals surface area contributed by atoms with E-state index in [2.05, 4.69) is 34.6 Å². The van der Waals surface area contributed by atoms with Gasteiger partial charge in [-0.1, -0.05) is 369 Å². The number of phosphoric acid groups is 2. The number of carbonyl (C=O) groups excluding carboxylic acids is 4. The van der Waals surface area contributed by atoms with Gasteiger partial charge in [0.25, 0.3) is 0 Å². The summed E-state index contributed by atoms with van der Waals surface area (Å²) in [5, 5.41) is 10.6. The van der Waals surface area contributed by atoms with Crippen molar-refractivity contribution in [1.82, 2.24) is 0 Å². The van der Waals surface area contributed by atoms with Gasteiger partial charge in [-0.15, -0.1) is 0 Å². The van der Waals surface area contributed by atoms with E-state index in [9.17, 15) is 43.2 Å². The number of ether oxygens (including phenoxy) is 4. The lowest BCUT2D eigenvalue weighted by atomic mass is 9.99. The van der Waals surface area contributed by atoms with Crippen LogP contribution in [0.2, 0.25) is 0 Å². The maximum Gasteiger partial charge on any atom is 0.472 e. The minimum absolute atomic E-state index is 0.108. The molecule has 0 spiro atoms. The smallest absolute Gasteiger partial charge is 0.462 e. The summed E-state index contributed by atoms with van der Waals surface area (Å²) in [4.78, 5) is 73.0. The number of carbonyl (C=O) groups is 4. The normalized spacial score (nSPS) is 14.2. The molecule has 0 aliphatic rings. The van der Waals surface area contributed by atoms with Crippen LogP contribution in [0.4, 0.5) is 0 Å². The molecule has 3 N–H and O–H groups in total. The summed E-state index contributed by atoms with van der Waals surface area (Å²) >= 11 is 0. The zero-order valence-corrected chi connectivity index (χ0v) is 65.7. The molecule has 0 aliphatic carbocycles. The Kier molecular flexibility index (Phi) is 70.6. The zero-order valence-electron chi connectivity index (χ0n) is 63.9. The molecule has 98 heavy (non-hydrogen) atoms. The van der Waals surface area contributed by atoms with Crippen LogP contribution in [0, 0.1) is 5.92 Å². The van der Waals surface area contributed by atoms with Crippen molar-refractivity contribution in [3.63, 3.8) is 0 Å². The molecule has 0 aromatic rings. The number of aliphatic hydroxyl groups excluding tert-OH is 1. The van der Waals surface area contributed by atoms with E-state index in [4.69, 9.17) is 37.0 Å². The Morgan fingerprint density at radius 1 is 0.286 bits per heavy atom. The molecule has 0 aromatic heterocycles. The fourth-order valence-electron chi connectivity index (χ4n) is 12.2. The monoisotopic (exact) mass is 1440 g/mol. The second-order valence-corrected chi connectivity index (χ2v) is 31.6. The van der Waals surface area contributed by atoms with Gasteiger partial charge in [0.1, 0.15) is 19.3 Å². The van der Waals surface area contributed by atoms with Gasteiger partial charge < -0.3 is 33.8 Å². The Labute approximate surface area is 600 Å². The molecule has 0 saturated heterocycles. The summed E-state index contributed by atoms with van der Waals surface area (Å²) in [7, 11) is -9.92. The summed E-state index contributed by atoms with van der Waals surface area (Å²) in [6.45, 7) is 7.35. The third kappa shape index (κ3) is 71.1. The largest absolute Gasteiger partial charge is 0.472 e. The van der Waals surface area contributed by atoms with Crippen LogP contribution in [0.3, 0.4) is 0 Å². The fourth-order valence-corrected chi connectivity index (χ4v) is 13.8. The summed E-state index contributed by atoms with van der Waals surface area (Å²) in [5.74, 6) is -1.30. The van der Waals surface area contributed by atoms with Crippen molar-refractivity contribution in [2.24, 2.45) is 5.92 Å². The highest BCUT2D eigenvalue weighted by molar-refractivity contribution is 7.47. The van der Waals surface area contributed by atoms with Gasteiger partial charge in [0.05, 0.1) is 26.4 Å². The molecule has 0 rings (SSSR count). The molecule has 0 radical (unpaired) electrons. The molecule has 0 heterocycles. The number of aliphatic hydroxyl groups is 1. The highest BCUT2D eigenvalue weighted by Crippen LogP contribution is 2.45. The van der Waals surface area contributed by atoms with Gasteiger partial charge in [-0.05, 0) is 31.6 Å². The molecule has 582 valence electrons. The minimum Gasteiger partial charge on any atom is -0.462 e. The predicted octanol–water partition coefficient (Wildman–Crippen LogP) is 23.6. The molecule has 0 fully saturated rings. The standard InChI is InChI=1S/C79H154O17P2/c1-6-10-13-16-19-22-25-28-29-30-31-32-33-35-38-45-50-55-60-65-79(84)96-75(69-90-77(82)63-58-53-48-43-40-39-41-46-51-56-61-72(5)9-4)71-94-98(87,88)92-67-73(80)66-91-97(85,86)93-70-74(68-89-76(81)62-57-52-47-42-36-27-24-21-18-15-12-8-3)95-78(83)64-59-54-49-44-37-34-26-23-20-17-14-11-7-2/h72-75,80H,6-71H2,1-5H3,(H,85,86)(H,87,88)/t72?,73-,74+,75+/m0/s1. The molecule has 17 nitrogen and oxygen atoms in total. The zero-order chi connectivity index (χ0) is 71.9. The van der Waals surface area contributed by atoms with Crippen molar-refractivity contribution >= 4 is 39.5 Å². The minimum atomic E-state index is -4.96. The molecule has 0 saturated carbocycles. The summed E-state index contributed by atoms with van der Waals surface area (Å²) < 4.78 is 68.7. The van der Waals surface area contributed by atoms with Crippen LogP contribution >= 0.6 is 15.6 Å². The average Bonchev–Trinajstić information content (AvgIpc) is 0.948. The lowest BCUT2D eigenvalue weighted by molar-refractivity contribution is -0.161.